The Morgan fingerprint density at radius 3 is 2.87 bits per heavy atom. The smallest absolute Gasteiger partial charge is 0.176 e. The summed E-state index contributed by atoms with van der Waals surface area (Å²) in [6.45, 7) is 2.47. The van der Waals surface area contributed by atoms with Crippen molar-refractivity contribution < 1.29 is 4.79 Å². The zero-order chi connectivity index (χ0) is 10.8. The Kier molecular flexibility index (Phi) is 3.22. The number of ketones is 1. The van der Waals surface area contributed by atoms with Crippen LogP contribution < -0.4 is 5.32 Å². The van der Waals surface area contributed by atoms with Crippen molar-refractivity contribution in [2.75, 3.05) is 6.54 Å². The monoisotopic (exact) mass is 267 g/mol. The van der Waals surface area contributed by atoms with E-state index in [-0.39, 0.29) is 5.78 Å². The van der Waals surface area contributed by atoms with E-state index >= 15 is 0 Å². The molecule has 1 aliphatic rings. The van der Waals surface area contributed by atoms with Crippen LogP contribution in [0, 0.1) is 6.92 Å². The van der Waals surface area contributed by atoms with Crippen LogP contribution in [0.4, 0.5) is 0 Å². The largest absolute Gasteiger partial charge is 0.307 e. The third-order valence-corrected chi connectivity index (χ3v) is 3.48. The molecule has 0 saturated heterocycles. The van der Waals surface area contributed by atoms with Crippen LogP contribution in [-0.2, 0) is 0 Å². The van der Waals surface area contributed by atoms with E-state index < -0.39 is 0 Å². The summed E-state index contributed by atoms with van der Waals surface area (Å²) in [5, 5.41) is 3.22. The number of nitrogens with one attached hydrogen (secondary N) is 1. The van der Waals surface area contributed by atoms with Gasteiger partial charge in [0, 0.05) is 16.1 Å². The predicted molar refractivity (Wildman–Crippen MR) is 64.2 cm³/mol. The number of hydrogen-bond donors (Lipinski definition) is 1. The third-order valence-electron chi connectivity index (χ3n) is 2.62. The van der Waals surface area contributed by atoms with Crippen molar-refractivity contribution in [3.8, 4) is 0 Å². The Balaban J connectivity index is 2.00. The summed E-state index contributed by atoms with van der Waals surface area (Å²) in [5.41, 5.74) is 1.93. The lowest BCUT2D eigenvalue weighted by molar-refractivity contribution is 0.0990. The lowest BCUT2D eigenvalue weighted by Crippen LogP contribution is -2.24. The summed E-state index contributed by atoms with van der Waals surface area (Å²) in [5.74, 6) is 0.169. The van der Waals surface area contributed by atoms with Gasteiger partial charge < -0.3 is 5.32 Å². The Hall–Kier alpha value is -0.670. The quantitative estimate of drug-likeness (QED) is 0.851. The fraction of sp³-hybridized carbons (Fsp3) is 0.417. The fourth-order valence-corrected chi connectivity index (χ4v) is 1.77. The number of hydrogen-bond acceptors (Lipinski definition) is 2. The van der Waals surface area contributed by atoms with Crippen LogP contribution in [0.2, 0.25) is 0 Å². The van der Waals surface area contributed by atoms with Gasteiger partial charge in [0.25, 0.3) is 0 Å². The van der Waals surface area contributed by atoms with Crippen LogP contribution in [0.5, 0.6) is 0 Å². The molecule has 0 unspecified atom stereocenters. The van der Waals surface area contributed by atoms with Crippen molar-refractivity contribution in [2.24, 2.45) is 0 Å². The number of carbonyl (C=O) groups excluding carboxylic acids is 1. The zero-order valence-corrected chi connectivity index (χ0v) is 10.3. The molecule has 2 rings (SSSR count). The molecule has 0 bridgehead atoms. The van der Waals surface area contributed by atoms with E-state index in [0.29, 0.717) is 12.6 Å². The standard InChI is InChI=1S/C12H14BrNO/c1-8-2-3-9(6-11(8)13)12(15)7-14-10-4-5-10/h2-3,6,10,14H,4-5,7H2,1H3. The van der Waals surface area contributed by atoms with E-state index in [1.165, 1.54) is 12.8 Å². The lowest BCUT2D eigenvalue weighted by Gasteiger charge is -2.04. The van der Waals surface area contributed by atoms with Crippen LogP contribution in [-0.4, -0.2) is 18.4 Å². The maximum atomic E-state index is 11.8. The van der Waals surface area contributed by atoms with Crippen LogP contribution in [0.1, 0.15) is 28.8 Å². The highest BCUT2D eigenvalue weighted by Crippen LogP contribution is 2.20. The minimum absolute atomic E-state index is 0.169. The Morgan fingerprint density at radius 2 is 2.27 bits per heavy atom. The number of Topliss-reactive ketones (excluding diaryl/α,β-unsaturated/α-hetero) is 1. The maximum Gasteiger partial charge on any atom is 0.176 e. The van der Waals surface area contributed by atoms with Gasteiger partial charge in [-0.1, -0.05) is 28.1 Å². The summed E-state index contributed by atoms with van der Waals surface area (Å²) < 4.78 is 1.000. The molecule has 0 radical (unpaired) electrons. The van der Waals surface area contributed by atoms with E-state index in [2.05, 4.69) is 21.2 Å². The molecule has 1 N–H and O–H groups in total. The van der Waals surface area contributed by atoms with Gasteiger partial charge in [-0.25, -0.2) is 0 Å². The molecule has 0 aliphatic heterocycles. The van der Waals surface area contributed by atoms with Crippen LogP contribution in [0.3, 0.4) is 0 Å². The summed E-state index contributed by atoms with van der Waals surface area (Å²) >= 11 is 3.43. The second kappa shape index (κ2) is 4.45. The van der Waals surface area contributed by atoms with E-state index in [1.807, 2.05) is 25.1 Å². The number of aryl methyl sites for hydroxylation is 1. The highest BCUT2D eigenvalue weighted by molar-refractivity contribution is 9.10. The lowest BCUT2D eigenvalue weighted by atomic mass is 10.1. The number of benzene rings is 1. The molecule has 1 aliphatic carbocycles. The van der Waals surface area contributed by atoms with Gasteiger partial charge in [-0.2, -0.15) is 0 Å². The summed E-state index contributed by atoms with van der Waals surface area (Å²) in [7, 11) is 0. The molecule has 80 valence electrons. The molecular formula is C12H14BrNO. The summed E-state index contributed by atoms with van der Waals surface area (Å²) in [4.78, 5) is 11.8. The topological polar surface area (TPSA) is 29.1 Å². The summed E-state index contributed by atoms with van der Waals surface area (Å²) in [6, 6.07) is 6.33. The minimum Gasteiger partial charge on any atom is -0.307 e. The molecular weight excluding hydrogens is 254 g/mol. The normalized spacial score (nSPS) is 15.3. The van der Waals surface area contributed by atoms with Gasteiger partial charge in [0.15, 0.2) is 5.78 Å². The van der Waals surface area contributed by atoms with Gasteiger partial charge in [0.05, 0.1) is 6.54 Å². The molecule has 1 saturated carbocycles. The van der Waals surface area contributed by atoms with Crippen molar-refractivity contribution in [3.05, 3.63) is 33.8 Å². The van der Waals surface area contributed by atoms with Gasteiger partial charge in [0.1, 0.15) is 0 Å². The molecule has 0 amide bonds. The number of halogens is 1. The SMILES string of the molecule is Cc1ccc(C(=O)CNC2CC2)cc1Br. The van der Waals surface area contributed by atoms with Crippen molar-refractivity contribution in [3.63, 3.8) is 0 Å². The van der Waals surface area contributed by atoms with Crippen LogP contribution in [0.25, 0.3) is 0 Å². The molecule has 0 aromatic heterocycles. The van der Waals surface area contributed by atoms with Crippen molar-refractivity contribution in [1.29, 1.82) is 0 Å². The molecule has 15 heavy (non-hydrogen) atoms. The minimum atomic E-state index is 0.169. The first-order valence-electron chi connectivity index (χ1n) is 5.19. The van der Waals surface area contributed by atoms with Crippen LogP contribution >= 0.6 is 15.9 Å². The van der Waals surface area contributed by atoms with Gasteiger partial charge in [-0.05, 0) is 31.4 Å². The van der Waals surface area contributed by atoms with Crippen molar-refractivity contribution >= 4 is 21.7 Å². The van der Waals surface area contributed by atoms with Gasteiger partial charge in [0.2, 0.25) is 0 Å². The first-order valence-corrected chi connectivity index (χ1v) is 5.99. The summed E-state index contributed by atoms with van der Waals surface area (Å²) in [6.07, 6.45) is 2.43. The van der Waals surface area contributed by atoms with Gasteiger partial charge in [-0.3, -0.25) is 4.79 Å². The molecule has 0 spiro atoms. The molecule has 2 nitrogen and oxygen atoms in total. The second-order valence-corrected chi connectivity index (χ2v) is 4.90. The molecule has 1 fully saturated rings. The van der Waals surface area contributed by atoms with Gasteiger partial charge in [-0.15, -0.1) is 0 Å². The van der Waals surface area contributed by atoms with Crippen molar-refractivity contribution in [1.82, 2.24) is 5.32 Å². The number of rotatable bonds is 4. The van der Waals surface area contributed by atoms with Gasteiger partial charge >= 0.3 is 0 Å². The van der Waals surface area contributed by atoms with Crippen molar-refractivity contribution in [2.45, 2.75) is 25.8 Å². The highest BCUT2D eigenvalue weighted by Gasteiger charge is 2.21. The van der Waals surface area contributed by atoms with E-state index in [4.69, 9.17) is 0 Å². The molecule has 0 atom stereocenters. The Morgan fingerprint density at radius 1 is 1.53 bits per heavy atom. The Labute approximate surface area is 98.2 Å². The average molecular weight is 268 g/mol. The van der Waals surface area contributed by atoms with E-state index in [0.717, 1.165) is 15.6 Å². The number of carbonyl (C=O) groups is 1. The predicted octanol–water partition coefficient (Wildman–Crippen LogP) is 2.69. The Bertz CT molecular complexity index is 385. The van der Waals surface area contributed by atoms with E-state index in [9.17, 15) is 4.79 Å². The average Bonchev–Trinajstić information content (AvgIpc) is 3.02. The fourth-order valence-electron chi connectivity index (χ4n) is 1.39. The first-order chi connectivity index (χ1) is 7.16. The molecule has 1 aromatic carbocycles. The first kappa shape index (κ1) is 10.8. The maximum absolute atomic E-state index is 11.8. The van der Waals surface area contributed by atoms with E-state index in [1.54, 1.807) is 0 Å². The highest BCUT2D eigenvalue weighted by atomic mass is 79.9. The molecule has 1 aromatic rings. The van der Waals surface area contributed by atoms with Crippen LogP contribution in [0.15, 0.2) is 22.7 Å². The second-order valence-electron chi connectivity index (χ2n) is 4.04. The molecule has 3 heteroatoms. The zero-order valence-electron chi connectivity index (χ0n) is 8.72. The third kappa shape index (κ3) is 2.89. The molecule has 0 heterocycles.